The lowest BCUT2D eigenvalue weighted by Gasteiger charge is -2.01. The number of esters is 1. The number of hydrogen-bond donors (Lipinski definition) is 1. The molecule has 0 radical (unpaired) electrons. The maximum absolute atomic E-state index is 10.8. The summed E-state index contributed by atoms with van der Waals surface area (Å²) in [7, 11) is 0. The van der Waals surface area contributed by atoms with E-state index in [1.165, 1.54) is 6.08 Å². The van der Waals surface area contributed by atoms with Crippen molar-refractivity contribution in [1.29, 1.82) is 0 Å². The van der Waals surface area contributed by atoms with Crippen LogP contribution in [-0.4, -0.2) is 23.8 Å². The maximum Gasteiger partial charge on any atom is 0.330 e. The first-order chi connectivity index (χ1) is 6.66. The summed E-state index contributed by atoms with van der Waals surface area (Å²) >= 11 is 0. The molecule has 0 heterocycles. The Morgan fingerprint density at radius 2 is 2.21 bits per heavy atom. The van der Waals surface area contributed by atoms with Crippen LogP contribution in [0.4, 0.5) is 0 Å². The van der Waals surface area contributed by atoms with Crippen LogP contribution in [-0.2, 0) is 9.53 Å². The standard InChI is InChI=1S/C11H20O3/c1-3-14-11(13)9-7-5-4-6-8-10(2)12/h7,9-10,12H,3-6,8H2,1-2H3/b9-7+. The molecule has 0 saturated carbocycles. The Bertz CT molecular complexity index is 173. The molecule has 0 aliphatic rings. The molecule has 0 aliphatic heterocycles. The lowest BCUT2D eigenvalue weighted by atomic mass is 10.1. The predicted molar refractivity (Wildman–Crippen MR) is 55.9 cm³/mol. The van der Waals surface area contributed by atoms with Gasteiger partial charge in [0, 0.05) is 6.08 Å². The van der Waals surface area contributed by atoms with Crippen molar-refractivity contribution in [1.82, 2.24) is 0 Å². The van der Waals surface area contributed by atoms with Gasteiger partial charge in [0.25, 0.3) is 0 Å². The number of rotatable bonds is 7. The van der Waals surface area contributed by atoms with E-state index >= 15 is 0 Å². The van der Waals surface area contributed by atoms with Gasteiger partial charge in [0.05, 0.1) is 12.7 Å². The minimum Gasteiger partial charge on any atom is -0.463 e. The van der Waals surface area contributed by atoms with Gasteiger partial charge in [0.15, 0.2) is 0 Å². The minimum absolute atomic E-state index is 0.218. The Hall–Kier alpha value is -0.830. The van der Waals surface area contributed by atoms with E-state index in [4.69, 9.17) is 9.84 Å². The first-order valence-corrected chi connectivity index (χ1v) is 5.18. The van der Waals surface area contributed by atoms with Gasteiger partial charge in [-0.15, -0.1) is 0 Å². The molecule has 0 saturated heterocycles. The number of allylic oxidation sites excluding steroid dienone is 1. The fraction of sp³-hybridized carbons (Fsp3) is 0.727. The highest BCUT2D eigenvalue weighted by Crippen LogP contribution is 2.03. The van der Waals surface area contributed by atoms with Crippen molar-refractivity contribution < 1.29 is 14.6 Å². The van der Waals surface area contributed by atoms with Gasteiger partial charge in [-0.25, -0.2) is 4.79 Å². The molecule has 0 aromatic carbocycles. The molecule has 0 spiro atoms. The molecule has 0 fully saturated rings. The Balaban J connectivity index is 3.30. The smallest absolute Gasteiger partial charge is 0.330 e. The molecule has 0 amide bonds. The second-order valence-corrected chi connectivity index (χ2v) is 3.29. The van der Waals surface area contributed by atoms with E-state index in [1.54, 1.807) is 13.8 Å². The quantitative estimate of drug-likeness (QED) is 0.388. The van der Waals surface area contributed by atoms with E-state index in [0.717, 1.165) is 25.7 Å². The summed E-state index contributed by atoms with van der Waals surface area (Å²) in [6.45, 7) is 3.99. The number of aliphatic hydroxyl groups is 1. The van der Waals surface area contributed by atoms with Gasteiger partial charge >= 0.3 is 5.97 Å². The third-order valence-corrected chi connectivity index (χ3v) is 1.78. The Morgan fingerprint density at radius 3 is 2.79 bits per heavy atom. The first-order valence-electron chi connectivity index (χ1n) is 5.18. The third-order valence-electron chi connectivity index (χ3n) is 1.78. The SMILES string of the molecule is CCOC(=O)/C=C/CCCCC(C)O. The highest BCUT2D eigenvalue weighted by atomic mass is 16.5. The predicted octanol–water partition coefficient (Wildman–Crippen LogP) is 2.05. The normalized spacial score (nSPS) is 13.1. The largest absolute Gasteiger partial charge is 0.463 e. The van der Waals surface area contributed by atoms with Crippen molar-refractivity contribution in [3.8, 4) is 0 Å². The van der Waals surface area contributed by atoms with Crippen LogP contribution < -0.4 is 0 Å². The van der Waals surface area contributed by atoms with Crippen LogP contribution in [0.25, 0.3) is 0 Å². The monoisotopic (exact) mass is 200 g/mol. The van der Waals surface area contributed by atoms with Gasteiger partial charge in [-0.1, -0.05) is 12.5 Å². The second-order valence-electron chi connectivity index (χ2n) is 3.29. The number of carbonyl (C=O) groups is 1. The van der Waals surface area contributed by atoms with E-state index in [1.807, 2.05) is 6.08 Å². The zero-order chi connectivity index (χ0) is 10.8. The van der Waals surface area contributed by atoms with E-state index in [2.05, 4.69) is 0 Å². The van der Waals surface area contributed by atoms with E-state index in [0.29, 0.717) is 6.61 Å². The van der Waals surface area contributed by atoms with Gasteiger partial charge in [0.2, 0.25) is 0 Å². The molecular weight excluding hydrogens is 180 g/mol. The number of aliphatic hydroxyl groups excluding tert-OH is 1. The summed E-state index contributed by atoms with van der Waals surface area (Å²) in [5.74, 6) is -0.275. The van der Waals surface area contributed by atoms with Crippen LogP contribution >= 0.6 is 0 Å². The summed E-state index contributed by atoms with van der Waals surface area (Å²) in [6, 6.07) is 0. The summed E-state index contributed by atoms with van der Waals surface area (Å²) in [6.07, 6.45) is 6.75. The van der Waals surface area contributed by atoms with Gasteiger partial charge in [0.1, 0.15) is 0 Å². The van der Waals surface area contributed by atoms with Gasteiger partial charge in [-0.3, -0.25) is 0 Å². The van der Waals surface area contributed by atoms with Gasteiger partial charge in [-0.2, -0.15) is 0 Å². The van der Waals surface area contributed by atoms with Crippen molar-refractivity contribution in [3.05, 3.63) is 12.2 Å². The first kappa shape index (κ1) is 13.2. The highest BCUT2D eigenvalue weighted by molar-refractivity contribution is 5.81. The summed E-state index contributed by atoms with van der Waals surface area (Å²) in [5, 5.41) is 8.97. The molecule has 0 bridgehead atoms. The summed E-state index contributed by atoms with van der Waals surface area (Å²) < 4.78 is 4.72. The van der Waals surface area contributed by atoms with Crippen molar-refractivity contribution in [2.45, 2.75) is 45.6 Å². The number of ether oxygens (including phenoxy) is 1. The maximum atomic E-state index is 10.8. The Kier molecular flexibility index (Phi) is 8.24. The molecule has 1 atom stereocenters. The van der Waals surface area contributed by atoms with Crippen LogP contribution in [0.2, 0.25) is 0 Å². The molecule has 0 aromatic heterocycles. The zero-order valence-electron chi connectivity index (χ0n) is 9.03. The Morgan fingerprint density at radius 1 is 1.50 bits per heavy atom. The topological polar surface area (TPSA) is 46.5 Å². The fourth-order valence-electron chi connectivity index (χ4n) is 1.07. The zero-order valence-corrected chi connectivity index (χ0v) is 9.03. The van der Waals surface area contributed by atoms with Crippen LogP contribution in [0.5, 0.6) is 0 Å². The van der Waals surface area contributed by atoms with Gasteiger partial charge < -0.3 is 9.84 Å². The van der Waals surface area contributed by atoms with Gasteiger partial charge in [-0.05, 0) is 33.1 Å². The number of unbranched alkanes of at least 4 members (excludes halogenated alkanes) is 2. The molecule has 0 aliphatic carbocycles. The van der Waals surface area contributed by atoms with Crippen LogP contribution in [0, 0.1) is 0 Å². The molecule has 14 heavy (non-hydrogen) atoms. The number of carbonyl (C=O) groups excluding carboxylic acids is 1. The molecular formula is C11H20O3. The van der Waals surface area contributed by atoms with Crippen molar-refractivity contribution in [2.75, 3.05) is 6.61 Å². The fourth-order valence-corrected chi connectivity index (χ4v) is 1.07. The van der Waals surface area contributed by atoms with Crippen molar-refractivity contribution in [2.24, 2.45) is 0 Å². The Labute approximate surface area is 85.8 Å². The molecule has 3 nitrogen and oxygen atoms in total. The summed E-state index contributed by atoms with van der Waals surface area (Å²) in [4.78, 5) is 10.8. The van der Waals surface area contributed by atoms with Crippen molar-refractivity contribution >= 4 is 5.97 Å². The average Bonchev–Trinajstić information content (AvgIpc) is 2.11. The molecule has 1 N–H and O–H groups in total. The molecule has 0 rings (SSSR count). The lowest BCUT2D eigenvalue weighted by Crippen LogP contribution is -1.99. The third kappa shape index (κ3) is 9.26. The molecule has 82 valence electrons. The van der Waals surface area contributed by atoms with Crippen LogP contribution in [0.15, 0.2) is 12.2 Å². The number of hydrogen-bond acceptors (Lipinski definition) is 3. The van der Waals surface area contributed by atoms with Crippen LogP contribution in [0.3, 0.4) is 0 Å². The van der Waals surface area contributed by atoms with E-state index < -0.39 is 0 Å². The highest BCUT2D eigenvalue weighted by Gasteiger charge is 1.95. The molecule has 0 aromatic rings. The van der Waals surface area contributed by atoms with Crippen molar-refractivity contribution in [3.63, 3.8) is 0 Å². The minimum atomic E-state index is -0.275. The molecule has 3 heteroatoms. The van der Waals surface area contributed by atoms with E-state index in [-0.39, 0.29) is 12.1 Å². The second kappa shape index (κ2) is 8.75. The molecule has 1 unspecified atom stereocenters. The van der Waals surface area contributed by atoms with E-state index in [9.17, 15) is 4.79 Å². The summed E-state index contributed by atoms with van der Waals surface area (Å²) in [5.41, 5.74) is 0. The van der Waals surface area contributed by atoms with Crippen LogP contribution in [0.1, 0.15) is 39.5 Å². The average molecular weight is 200 g/mol. The lowest BCUT2D eigenvalue weighted by molar-refractivity contribution is -0.137.